The first-order chi connectivity index (χ1) is 16.6. The molecule has 0 aliphatic carbocycles. The molecule has 3 heterocycles. The summed E-state index contributed by atoms with van der Waals surface area (Å²) in [6.45, 7) is 1.08. The van der Waals surface area contributed by atoms with Crippen molar-refractivity contribution in [3.63, 3.8) is 0 Å². The molecule has 0 radical (unpaired) electrons. The first-order valence-electron chi connectivity index (χ1n) is 11.1. The largest absolute Gasteiger partial charge is 0.369 e. The lowest BCUT2D eigenvalue weighted by molar-refractivity contribution is -0.136. The lowest BCUT2D eigenvalue weighted by Gasteiger charge is -2.36. The van der Waals surface area contributed by atoms with Crippen LogP contribution in [0.5, 0.6) is 0 Å². The van der Waals surface area contributed by atoms with Crippen molar-refractivity contribution >= 4 is 45.0 Å². The van der Waals surface area contributed by atoms with Gasteiger partial charge in [-0.05, 0) is 42.8 Å². The zero-order valence-electron chi connectivity index (χ0n) is 18.5. The third-order valence-corrected chi connectivity index (χ3v) is 8.79. The van der Waals surface area contributed by atoms with E-state index in [4.69, 9.17) is 11.6 Å². The molecule has 2 saturated heterocycles. The SMILES string of the molecule is O=C1CCC(N2Cc3c(cc(F)cc3N3CCN(S(=O)(=O)c4ccc(Cl)cc4)CC3)C2=O)C(=O)N1. The number of piperidine rings is 1. The Balaban J connectivity index is 1.35. The molecule has 0 spiro atoms. The van der Waals surface area contributed by atoms with Crippen molar-refractivity contribution in [3.8, 4) is 0 Å². The van der Waals surface area contributed by atoms with Crippen molar-refractivity contribution in [2.75, 3.05) is 31.1 Å². The van der Waals surface area contributed by atoms with E-state index in [1.165, 1.54) is 39.5 Å². The van der Waals surface area contributed by atoms with Crippen LogP contribution < -0.4 is 10.2 Å². The zero-order chi connectivity index (χ0) is 24.9. The van der Waals surface area contributed by atoms with Crippen LogP contribution in [0.2, 0.25) is 5.02 Å². The fourth-order valence-electron chi connectivity index (χ4n) is 4.81. The molecule has 3 aliphatic heterocycles. The predicted molar refractivity (Wildman–Crippen MR) is 125 cm³/mol. The lowest BCUT2D eigenvalue weighted by Crippen LogP contribution is -2.52. The van der Waals surface area contributed by atoms with E-state index in [1.807, 2.05) is 4.90 Å². The quantitative estimate of drug-likeness (QED) is 0.616. The van der Waals surface area contributed by atoms with Crippen molar-refractivity contribution < 1.29 is 27.2 Å². The van der Waals surface area contributed by atoms with E-state index < -0.39 is 33.7 Å². The summed E-state index contributed by atoms with van der Waals surface area (Å²) in [6.07, 6.45) is 0.339. The maximum absolute atomic E-state index is 14.5. The van der Waals surface area contributed by atoms with Crippen LogP contribution in [0.4, 0.5) is 10.1 Å². The molecule has 5 rings (SSSR count). The van der Waals surface area contributed by atoms with Gasteiger partial charge in [-0.3, -0.25) is 19.7 Å². The Labute approximate surface area is 206 Å². The molecule has 184 valence electrons. The summed E-state index contributed by atoms with van der Waals surface area (Å²) in [7, 11) is -3.71. The number of sulfonamides is 1. The van der Waals surface area contributed by atoms with Gasteiger partial charge in [-0.2, -0.15) is 4.31 Å². The maximum Gasteiger partial charge on any atom is 0.255 e. The third kappa shape index (κ3) is 4.28. The summed E-state index contributed by atoms with van der Waals surface area (Å²) in [6, 6.07) is 7.65. The van der Waals surface area contributed by atoms with Crippen molar-refractivity contribution in [3.05, 3.63) is 58.4 Å². The molecule has 1 unspecified atom stereocenters. The molecule has 1 atom stereocenters. The van der Waals surface area contributed by atoms with E-state index in [2.05, 4.69) is 5.32 Å². The number of imide groups is 1. The van der Waals surface area contributed by atoms with Gasteiger partial charge in [-0.25, -0.2) is 12.8 Å². The molecule has 2 aromatic carbocycles. The highest BCUT2D eigenvalue weighted by atomic mass is 35.5. The minimum Gasteiger partial charge on any atom is -0.369 e. The molecule has 3 aliphatic rings. The molecule has 0 saturated carbocycles. The maximum atomic E-state index is 14.5. The number of benzene rings is 2. The lowest BCUT2D eigenvalue weighted by atomic mass is 10.0. The third-order valence-electron chi connectivity index (χ3n) is 6.63. The zero-order valence-corrected chi connectivity index (χ0v) is 20.1. The Morgan fingerprint density at radius 2 is 1.69 bits per heavy atom. The summed E-state index contributed by atoms with van der Waals surface area (Å²) in [4.78, 5) is 40.3. The topological polar surface area (TPSA) is 107 Å². The van der Waals surface area contributed by atoms with Gasteiger partial charge in [0.05, 0.1) is 4.90 Å². The van der Waals surface area contributed by atoms with Crippen LogP contribution in [0.25, 0.3) is 0 Å². The van der Waals surface area contributed by atoms with Gasteiger partial charge in [-0.15, -0.1) is 0 Å². The van der Waals surface area contributed by atoms with Crippen molar-refractivity contribution in [1.82, 2.24) is 14.5 Å². The smallest absolute Gasteiger partial charge is 0.255 e. The van der Waals surface area contributed by atoms with Crippen LogP contribution >= 0.6 is 11.6 Å². The van der Waals surface area contributed by atoms with Gasteiger partial charge in [0.15, 0.2) is 0 Å². The van der Waals surface area contributed by atoms with Crippen molar-refractivity contribution in [1.29, 1.82) is 0 Å². The standard InChI is InChI=1S/C23H22ClFN4O5S/c24-14-1-3-16(4-2-14)35(33,34)28-9-7-27(8-10-28)20-12-15(25)11-17-18(20)13-29(23(17)32)19-5-6-21(30)26-22(19)31/h1-4,11-12,19H,5-10,13H2,(H,26,30,31). The van der Waals surface area contributed by atoms with Gasteiger partial charge in [0.25, 0.3) is 5.91 Å². The number of piperazine rings is 1. The molecule has 2 fully saturated rings. The fourth-order valence-corrected chi connectivity index (χ4v) is 6.36. The Morgan fingerprint density at radius 1 is 1.00 bits per heavy atom. The second-order valence-electron chi connectivity index (χ2n) is 8.70. The van der Waals surface area contributed by atoms with Gasteiger partial charge < -0.3 is 9.80 Å². The van der Waals surface area contributed by atoms with Gasteiger partial charge in [-0.1, -0.05) is 11.6 Å². The minimum atomic E-state index is -3.71. The number of carbonyl (C=O) groups excluding carboxylic acids is 3. The second-order valence-corrected chi connectivity index (χ2v) is 11.1. The Kier molecular flexibility index (Phi) is 6.02. The molecule has 9 nitrogen and oxygen atoms in total. The number of hydrogen-bond donors (Lipinski definition) is 1. The summed E-state index contributed by atoms with van der Waals surface area (Å²) in [5, 5.41) is 2.69. The average molecular weight is 521 g/mol. The van der Waals surface area contributed by atoms with Crippen LogP contribution in [0.3, 0.4) is 0 Å². The number of fused-ring (bicyclic) bond motifs is 1. The highest BCUT2D eigenvalue weighted by molar-refractivity contribution is 7.89. The van der Waals surface area contributed by atoms with Gasteiger partial charge in [0.1, 0.15) is 11.9 Å². The molecular weight excluding hydrogens is 499 g/mol. The van der Waals surface area contributed by atoms with Crippen LogP contribution in [-0.4, -0.2) is 67.6 Å². The molecular formula is C23H22ClFN4O5S. The Morgan fingerprint density at radius 3 is 2.34 bits per heavy atom. The second kappa shape index (κ2) is 8.89. The highest BCUT2D eigenvalue weighted by Gasteiger charge is 2.41. The minimum absolute atomic E-state index is 0.110. The Bertz CT molecular complexity index is 1330. The molecule has 3 amide bonds. The number of carbonyl (C=O) groups is 3. The van der Waals surface area contributed by atoms with E-state index in [0.29, 0.717) is 29.4 Å². The van der Waals surface area contributed by atoms with E-state index >= 15 is 0 Å². The average Bonchev–Trinajstić information content (AvgIpc) is 3.15. The van der Waals surface area contributed by atoms with E-state index in [0.717, 1.165) is 6.07 Å². The number of nitrogens with zero attached hydrogens (tertiary/aromatic N) is 3. The monoisotopic (exact) mass is 520 g/mol. The fraction of sp³-hybridized carbons (Fsp3) is 0.348. The number of anilines is 1. The molecule has 12 heteroatoms. The van der Waals surface area contributed by atoms with Crippen LogP contribution in [0, 0.1) is 5.82 Å². The number of amides is 3. The summed E-state index contributed by atoms with van der Waals surface area (Å²) >= 11 is 5.87. The summed E-state index contributed by atoms with van der Waals surface area (Å²) in [5.41, 5.74) is 1.28. The molecule has 0 bridgehead atoms. The molecule has 35 heavy (non-hydrogen) atoms. The van der Waals surface area contributed by atoms with Crippen LogP contribution in [0.1, 0.15) is 28.8 Å². The van der Waals surface area contributed by atoms with E-state index in [-0.39, 0.29) is 48.8 Å². The van der Waals surface area contributed by atoms with Gasteiger partial charge in [0, 0.05) is 61.0 Å². The first-order valence-corrected chi connectivity index (χ1v) is 12.9. The van der Waals surface area contributed by atoms with E-state index in [1.54, 1.807) is 0 Å². The molecule has 1 N–H and O–H groups in total. The van der Waals surface area contributed by atoms with Crippen molar-refractivity contribution in [2.45, 2.75) is 30.3 Å². The predicted octanol–water partition coefficient (Wildman–Crippen LogP) is 1.75. The molecule has 0 aromatic heterocycles. The molecule has 2 aromatic rings. The van der Waals surface area contributed by atoms with Crippen LogP contribution in [-0.2, 0) is 26.2 Å². The number of nitrogens with one attached hydrogen (secondary N) is 1. The number of hydrogen-bond acceptors (Lipinski definition) is 6. The Hall–Kier alpha value is -3.02. The van der Waals surface area contributed by atoms with Crippen LogP contribution in [0.15, 0.2) is 41.3 Å². The number of rotatable bonds is 4. The normalized spacial score (nSPS) is 21.3. The highest BCUT2D eigenvalue weighted by Crippen LogP contribution is 2.36. The van der Waals surface area contributed by atoms with Crippen molar-refractivity contribution in [2.24, 2.45) is 0 Å². The summed E-state index contributed by atoms with van der Waals surface area (Å²) in [5.74, 6) is -1.97. The first kappa shape index (κ1) is 23.7. The summed E-state index contributed by atoms with van der Waals surface area (Å²) < 4.78 is 41.9. The van der Waals surface area contributed by atoms with Gasteiger partial charge >= 0.3 is 0 Å². The number of halogens is 2. The van der Waals surface area contributed by atoms with Gasteiger partial charge in [0.2, 0.25) is 21.8 Å². The van der Waals surface area contributed by atoms with E-state index in [9.17, 15) is 27.2 Å².